The van der Waals surface area contributed by atoms with Crippen LogP contribution in [0.4, 0.5) is 4.39 Å². The Bertz CT molecular complexity index is 590. The summed E-state index contributed by atoms with van der Waals surface area (Å²) in [4.78, 5) is 0. The zero-order valence-electron chi connectivity index (χ0n) is 11.6. The molecule has 0 radical (unpaired) electrons. The van der Waals surface area contributed by atoms with E-state index in [0.717, 1.165) is 22.3 Å². The van der Waals surface area contributed by atoms with Gasteiger partial charge in [0.25, 0.3) is 0 Å². The van der Waals surface area contributed by atoms with Crippen molar-refractivity contribution in [3.8, 4) is 5.75 Å². The van der Waals surface area contributed by atoms with E-state index in [4.69, 9.17) is 4.74 Å². The van der Waals surface area contributed by atoms with Gasteiger partial charge in [0.15, 0.2) is 0 Å². The first-order valence-corrected chi connectivity index (χ1v) is 7.88. The third-order valence-electron chi connectivity index (χ3n) is 3.42. The van der Waals surface area contributed by atoms with Crippen molar-refractivity contribution >= 4 is 15.9 Å². The summed E-state index contributed by atoms with van der Waals surface area (Å²) in [6, 6.07) is 13.5. The minimum Gasteiger partial charge on any atom is -0.489 e. The molecule has 0 aromatic heterocycles. The van der Waals surface area contributed by atoms with E-state index >= 15 is 0 Å². The molecule has 110 valence electrons. The Hall–Kier alpha value is -1.39. The first-order chi connectivity index (χ1) is 10.2. The Labute approximate surface area is 132 Å². The molecule has 4 heteroatoms. The van der Waals surface area contributed by atoms with Gasteiger partial charge in [-0.25, -0.2) is 4.39 Å². The molecule has 21 heavy (non-hydrogen) atoms. The summed E-state index contributed by atoms with van der Waals surface area (Å²) in [7, 11) is 0. The largest absolute Gasteiger partial charge is 0.489 e. The van der Waals surface area contributed by atoms with E-state index in [1.807, 2.05) is 18.2 Å². The molecule has 1 saturated carbocycles. The van der Waals surface area contributed by atoms with Crippen LogP contribution in [0.15, 0.2) is 46.9 Å². The summed E-state index contributed by atoms with van der Waals surface area (Å²) >= 11 is 3.28. The first kappa shape index (κ1) is 14.5. The van der Waals surface area contributed by atoms with E-state index in [0.29, 0.717) is 12.6 Å². The Morgan fingerprint density at radius 3 is 2.52 bits per heavy atom. The van der Waals surface area contributed by atoms with Crippen LogP contribution in [-0.4, -0.2) is 6.04 Å². The molecule has 3 rings (SSSR count). The van der Waals surface area contributed by atoms with Gasteiger partial charge in [0.05, 0.1) is 0 Å². The molecule has 0 unspecified atom stereocenters. The molecule has 0 heterocycles. The van der Waals surface area contributed by atoms with Crippen molar-refractivity contribution in [1.29, 1.82) is 0 Å². The van der Waals surface area contributed by atoms with Gasteiger partial charge >= 0.3 is 0 Å². The van der Waals surface area contributed by atoms with Crippen LogP contribution in [0.3, 0.4) is 0 Å². The summed E-state index contributed by atoms with van der Waals surface area (Å²) in [5.41, 5.74) is 2.06. The molecule has 0 aliphatic heterocycles. The van der Waals surface area contributed by atoms with Crippen molar-refractivity contribution in [1.82, 2.24) is 5.32 Å². The highest BCUT2D eigenvalue weighted by atomic mass is 79.9. The summed E-state index contributed by atoms with van der Waals surface area (Å²) in [5.74, 6) is 0.537. The number of halogens is 2. The van der Waals surface area contributed by atoms with Crippen LogP contribution in [0, 0.1) is 5.82 Å². The predicted molar refractivity (Wildman–Crippen MR) is 84.7 cm³/mol. The second kappa shape index (κ2) is 6.58. The molecule has 0 saturated heterocycles. The average Bonchev–Trinajstić information content (AvgIpc) is 3.27. The lowest BCUT2D eigenvalue weighted by Gasteiger charge is -2.08. The van der Waals surface area contributed by atoms with Crippen LogP contribution >= 0.6 is 15.9 Å². The second-order valence-corrected chi connectivity index (χ2v) is 6.28. The molecule has 1 aliphatic rings. The van der Waals surface area contributed by atoms with Crippen molar-refractivity contribution in [2.24, 2.45) is 0 Å². The molecule has 2 nitrogen and oxygen atoms in total. The Morgan fingerprint density at radius 2 is 1.86 bits per heavy atom. The number of rotatable bonds is 6. The van der Waals surface area contributed by atoms with Crippen molar-refractivity contribution < 1.29 is 9.13 Å². The fourth-order valence-corrected chi connectivity index (χ4v) is 2.63. The highest BCUT2D eigenvalue weighted by Gasteiger charge is 2.19. The van der Waals surface area contributed by atoms with Gasteiger partial charge < -0.3 is 10.1 Å². The van der Waals surface area contributed by atoms with E-state index in [-0.39, 0.29) is 5.82 Å². The molecule has 2 aromatic carbocycles. The normalized spacial score (nSPS) is 14.2. The maximum atomic E-state index is 13.3. The Morgan fingerprint density at radius 1 is 1.10 bits per heavy atom. The van der Waals surface area contributed by atoms with Gasteiger partial charge in [0.1, 0.15) is 18.2 Å². The summed E-state index contributed by atoms with van der Waals surface area (Å²) < 4.78 is 19.7. The van der Waals surface area contributed by atoms with Gasteiger partial charge in [-0.1, -0.05) is 28.1 Å². The average molecular weight is 350 g/mol. The lowest BCUT2D eigenvalue weighted by Crippen LogP contribution is -2.15. The van der Waals surface area contributed by atoms with Crippen LogP contribution in [0.1, 0.15) is 24.0 Å². The van der Waals surface area contributed by atoms with Gasteiger partial charge in [-0.3, -0.25) is 0 Å². The van der Waals surface area contributed by atoms with E-state index in [9.17, 15) is 4.39 Å². The SMILES string of the molecule is Fc1cc(Br)cc(COc2ccc(CNC3CC3)cc2)c1. The summed E-state index contributed by atoms with van der Waals surface area (Å²) in [6.45, 7) is 1.26. The fraction of sp³-hybridized carbons (Fsp3) is 0.294. The molecule has 1 aliphatic carbocycles. The molecule has 0 amide bonds. The second-order valence-electron chi connectivity index (χ2n) is 5.37. The van der Waals surface area contributed by atoms with Crippen LogP contribution < -0.4 is 10.1 Å². The molecule has 0 atom stereocenters. The highest BCUT2D eigenvalue weighted by molar-refractivity contribution is 9.10. The van der Waals surface area contributed by atoms with E-state index in [1.54, 1.807) is 0 Å². The van der Waals surface area contributed by atoms with E-state index < -0.39 is 0 Å². The summed E-state index contributed by atoms with van der Waals surface area (Å²) in [6.07, 6.45) is 2.59. The highest BCUT2D eigenvalue weighted by Crippen LogP contribution is 2.21. The molecule has 0 spiro atoms. The van der Waals surface area contributed by atoms with Crippen LogP contribution in [-0.2, 0) is 13.2 Å². The fourth-order valence-electron chi connectivity index (χ4n) is 2.11. The zero-order chi connectivity index (χ0) is 14.7. The van der Waals surface area contributed by atoms with Crippen molar-refractivity contribution in [3.63, 3.8) is 0 Å². The van der Waals surface area contributed by atoms with Crippen LogP contribution in [0.25, 0.3) is 0 Å². The Balaban J connectivity index is 1.54. The van der Waals surface area contributed by atoms with Gasteiger partial charge in [0, 0.05) is 17.1 Å². The van der Waals surface area contributed by atoms with Crippen LogP contribution in [0.2, 0.25) is 0 Å². The molecule has 2 aromatic rings. The molecular formula is C17H17BrFNO. The minimum absolute atomic E-state index is 0.260. The quantitative estimate of drug-likeness (QED) is 0.833. The monoisotopic (exact) mass is 349 g/mol. The van der Waals surface area contributed by atoms with E-state index in [2.05, 4.69) is 33.4 Å². The summed E-state index contributed by atoms with van der Waals surface area (Å²) in [5, 5.41) is 3.47. The number of nitrogens with one attached hydrogen (secondary N) is 1. The lowest BCUT2D eigenvalue weighted by atomic mass is 10.2. The topological polar surface area (TPSA) is 21.3 Å². The zero-order valence-corrected chi connectivity index (χ0v) is 13.2. The molecule has 1 fully saturated rings. The predicted octanol–water partition coefficient (Wildman–Crippen LogP) is 4.42. The standard InChI is InChI=1S/C17H17BrFNO/c18-14-7-13(8-15(19)9-14)11-21-17-5-1-12(2-6-17)10-20-16-3-4-16/h1-2,5-9,16,20H,3-4,10-11H2. The van der Waals surface area contributed by atoms with Crippen molar-refractivity contribution in [3.05, 3.63) is 63.9 Å². The smallest absolute Gasteiger partial charge is 0.124 e. The number of benzene rings is 2. The number of hydrogen-bond acceptors (Lipinski definition) is 2. The van der Waals surface area contributed by atoms with Crippen molar-refractivity contribution in [2.75, 3.05) is 0 Å². The van der Waals surface area contributed by atoms with Gasteiger partial charge in [-0.05, 0) is 54.3 Å². The van der Waals surface area contributed by atoms with Gasteiger partial charge in [-0.2, -0.15) is 0 Å². The molecular weight excluding hydrogens is 333 g/mol. The van der Waals surface area contributed by atoms with Crippen molar-refractivity contribution in [2.45, 2.75) is 32.0 Å². The van der Waals surface area contributed by atoms with E-state index in [1.165, 1.54) is 30.5 Å². The van der Waals surface area contributed by atoms with Gasteiger partial charge in [-0.15, -0.1) is 0 Å². The number of ether oxygens (including phenoxy) is 1. The third-order valence-corrected chi connectivity index (χ3v) is 3.88. The Kier molecular flexibility index (Phi) is 4.56. The molecule has 1 N–H and O–H groups in total. The lowest BCUT2D eigenvalue weighted by molar-refractivity contribution is 0.305. The maximum Gasteiger partial charge on any atom is 0.124 e. The van der Waals surface area contributed by atoms with Gasteiger partial charge in [0.2, 0.25) is 0 Å². The molecule has 0 bridgehead atoms. The maximum absolute atomic E-state index is 13.3. The minimum atomic E-state index is -0.260. The first-order valence-electron chi connectivity index (χ1n) is 7.09. The third kappa shape index (κ3) is 4.55. The number of hydrogen-bond donors (Lipinski definition) is 1. The van der Waals surface area contributed by atoms with Crippen LogP contribution in [0.5, 0.6) is 5.75 Å².